The number of nitrogens with one attached hydrogen (secondary N) is 2. The molecule has 2 aromatic rings. The quantitative estimate of drug-likeness (QED) is 0.651. The van der Waals surface area contributed by atoms with Crippen LogP contribution < -0.4 is 5.56 Å². The highest BCUT2D eigenvalue weighted by Gasteiger charge is 1.96. The number of hydrogen-bond acceptors (Lipinski definition) is 4. The zero-order valence-electron chi connectivity index (χ0n) is 7.64. The molecule has 0 unspecified atom stereocenters. The lowest BCUT2D eigenvalue weighted by molar-refractivity contribution is 0.475. The lowest BCUT2D eigenvalue weighted by Crippen LogP contribution is -1.96. The lowest BCUT2D eigenvalue weighted by Gasteiger charge is -1.91. The van der Waals surface area contributed by atoms with E-state index in [0.717, 1.165) is 0 Å². The van der Waals surface area contributed by atoms with Crippen molar-refractivity contribution in [3.05, 3.63) is 40.8 Å². The van der Waals surface area contributed by atoms with Gasteiger partial charge in [-0.05, 0) is 24.3 Å². The molecule has 1 aromatic heterocycles. The predicted octanol–water partition coefficient (Wildman–Crippen LogP) is 1.82. The third-order valence-electron chi connectivity index (χ3n) is 1.75. The number of benzene rings is 1. The van der Waals surface area contributed by atoms with Crippen molar-refractivity contribution in [3.8, 4) is 5.75 Å². The Hall–Kier alpha value is -2.37. The lowest BCUT2D eigenvalue weighted by atomic mass is 10.3. The fraction of sp³-hybridized carbons (Fsp3) is 0. The summed E-state index contributed by atoms with van der Waals surface area (Å²) in [5.41, 5.74) is 0.453. The van der Waals surface area contributed by atoms with Crippen molar-refractivity contribution in [1.29, 1.82) is 0 Å². The van der Waals surface area contributed by atoms with E-state index in [9.17, 15) is 4.79 Å². The van der Waals surface area contributed by atoms with Gasteiger partial charge in [0.2, 0.25) is 0 Å². The number of nitrogens with zero attached hydrogens (tertiary/aromatic N) is 2. The molecule has 0 atom stereocenters. The van der Waals surface area contributed by atoms with Gasteiger partial charge in [0.1, 0.15) is 5.75 Å². The Bertz CT molecular complexity index is 524. The summed E-state index contributed by atoms with van der Waals surface area (Å²) in [4.78, 5) is 11.0. The molecule has 6 heteroatoms. The SMILES string of the molecule is O=c1[nH][nH]cc1N=Nc1ccc(O)cc1. The van der Waals surface area contributed by atoms with Gasteiger partial charge >= 0.3 is 0 Å². The number of phenols is 1. The standard InChI is InChI=1S/C9H8N4O2/c14-7-3-1-6(2-4-7)11-12-8-5-10-13-9(8)15/h1-5,14H,(H2,10,13,15). The average molecular weight is 204 g/mol. The van der Waals surface area contributed by atoms with Crippen LogP contribution in [0.1, 0.15) is 0 Å². The van der Waals surface area contributed by atoms with E-state index >= 15 is 0 Å². The van der Waals surface area contributed by atoms with E-state index in [0.29, 0.717) is 5.69 Å². The summed E-state index contributed by atoms with van der Waals surface area (Å²) in [7, 11) is 0. The highest BCUT2D eigenvalue weighted by atomic mass is 16.3. The number of rotatable bonds is 2. The van der Waals surface area contributed by atoms with Crippen molar-refractivity contribution < 1.29 is 5.11 Å². The molecule has 0 spiro atoms. The first kappa shape index (κ1) is 9.20. The van der Waals surface area contributed by atoms with Gasteiger partial charge in [0.05, 0.1) is 11.9 Å². The monoisotopic (exact) mass is 204 g/mol. The second-order valence-electron chi connectivity index (χ2n) is 2.84. The first-order valence-electron chi connectivity index (χ1n) is 4.22. The van der Waals surface area contributed by atoms with Crippen LogP contribution in [-0.4, -0.2) is 15.3 Å². The maximum atomic E-state index is 11.0. The minimum absolute atomic E-state index is 0.161. The molecule has 6 nitrogen and oxygen atoms in total. The van der Waals surface area contributed by atoms with Crippen LogP contribution in [0.5, 0.6) is 5.75 Å². The molecule has 0 aliphatic rings. The van der Waals surface area contributed by atoms with Crippen LogP contribution in [0.4, 0.5) is 11.4 Å². The Labute approximate surface area is 84.3 Å². The van der Waals surface area contributed by atoms with Crippen LogP contribution in [0.3, 0.4) is 0 Å². The van der Waals surface area contributed by atoms with Crippen LogP contribution in [-0.2, 0) is 0 Å². The number of aromatic amines is 2. The Morgan fingerprint density at radius 1 is 1.13 bits per heavy atom. The summed E-state index contributed by atoms with van der Waals surface area (Å²) < 4.78 is 0. The van der Waals surface area contributed by atoms with E-state index in [4.69, 9.17) is 5.11 Å². The smallest absolute Gasteiger partial charge is 0.291 e. The molecule has 15 heavy (non-hydrogen) atoms. The topological polar surface area (TPSA) is 93.6 Å². The van der Waals surface area contributed by atoms with Gasteiger partial charge in [-0.25, -0.2) is 0 Å². The summed E-state index contributed by atoms with van der Waals surface area (Å²) >= 11 is 0. The van der Waals surface area contributed by atoms with Gasteiger partial charge in [-0.3, -0.25) is 9.89 Å². The van der Waals surface area contributed by atoms with E-state index in [1.807, 2.05) is 0 Å². The van der Waals surface area contributed by atoms with E-state index < -0.39 is 0 Å². The summed E-state index contributed by atoms with van der Waals surface area (Å²) in [6.45, 7) is 0. The molecule has 2 rings (SSSR count). The summed E-state index contributed by atoms with van der Waals surface area (Å²) in [5, 5.41) is 21.4. The fourth-order valence-electron chi connectivity index (χ4n) is 1.00. The number of aromatic nitrogens is 2. The zero-order chi connectivity index (χ0) is 10.7. The first-order valence-corrected chi connectivity index (χ1v) is 4.22. The van der Waals surface area contributed by atoms with Crippen LogP contribution in [0.15, 0.2) is 45.5 Å². The molecule has 1 aromatic carbocycles. The molecule has 0 amide bonds. The molecule has 1 heterocycles. The van der Waals surface area contributed by atoms with E-state index in [2.05, 4.69) is 20.4 Å². The molecular weight excluding hydrogens is 196 g/mol. The second-order valence-corrected chi connectivity index (χ2v) is 2.84. The van der Waals surface area contributed by atoms with Crippen molar-refractivity contribution in [1.82, 2.24) is 10.2 Å². The molecule has 0 fully saturated rings. The Balaban J connectivity index is 2.22. The molecule has 0 aliphatic heterocycles. The number of phenolic OH excluding ortho intramolecular Hbond substituents is 1. The third kappa shape index (κ3) is 2.11. The van der Waals surface area contributed by atoms with Gasteiger partial charge in [-0.1, -0.05) is 0 Å². The highest BCUT2D eigenvalue weighted by molar-refractivity contribution is 5.41. The minimum Gasteiger partial charge on any atom is -0.508 e. The largest absolute Gasteiger partial charge is 0.508 e. The average Bonchev–Trinajstić information content (AvgIpc) is 2.63. The van der Waals surface area contributed by atoms with Crippen molar-refractivity contribution in [2.45, 2.75) is 0 Å². The summed E-state index contributed by atoms with van der Waals surface area (Å²) in [5.74, 6) is 0.161. The van der Waals surface area contributed by atoms with Crippen molar-refractivity contribution >= 4 is 11.4 Å². The number of aromatic hydroxyl groups is 1. The normalized spacial score (nSPS) is 10.9. The van der Waals surface area contributed by atoms with Gasteiger partial charge in [0.15, 0.2) is 5.69 Å². The molecule has 0 saturated heterocycles. The molecule has 3 N–H and O–H groups in total. The van der Waals surface area contributed by atoms with E-state index in [1.54, 1.807) is 12.1 Å². The van der Waals surface area contributed by atoms with E-state index in [1.165, 1.54) is 18.3 Å². The van der Waals surface area contributed by atoms with Gasteiger partial charge < -0.3 is 10.2 Å². The highest BCUT2D eigenvalue weighted by Crippen LogP contribution is 2.18. The molecule has 0 aliphatic carbocycles. The van der Waals surface area contributed by atoms with Crippen LogP contribution >= 0.6 is 0 Å². The molecular formula is C9H8N4O2. The van der Waals surface area contributed by atoms with Gasteiger partial charge in [0, 0.05) is 0 Å². The Kier molecular flexibility index (Phi) is 2.32. The first-order chi connectivity index (χ1) is 7.25. The number of H-pyrrole nitrogens is 2. The van der Waals surface area contributed by atoms with Gasteiger partial charge in [0.25, 0.3) is 5.56 Å². The molecule has 0 saturated carbocycles. The van der Waals surface area contributed by atoms with Gasteiger partial charge in [-0.15, -0.1) is 5.11 Å². The van der Waals surface area contributed by atoms with Crippen molar-refractivity contribution in [2.24, 2.45) is 10.2 Å². The summed E-state index contributed by atoms with van der Waals surface area (Å²) in [6.07, 6.45) is 1.42. The summed E-state index contributed by atoms with van der Waals surface area (Å²) in [6, 6.07) is 6.19. The maximum Gasteiger partial charge on any atom is 0.291 e. The second kappa shape index (κ2) is 3.79. The maximum absolute atomic E-state index is 11.0. The Morgan fingerprint density at radius 2 is 1.87 bits per heavy atom. The van der Waals surface area contributed by atoms with E-state index in [-0.39, 0.29) is 17.0 Å². The third-order valence-corrected chi connectivity index (χ3v) is 1.75. The minimum atomic E-state index is -0.322. The van der Waals surface area contributed by atoms with Crippen LogP contribution in [0.25, 0.3) is 0 Å². The number of hydrogen-bond donors (Lipinski definition) is 3. The zero-order valence-corrected chi connectivity index (χ0v) is 7.64. The van der Waals surface area contributed by atoms with Crippen molar-refractivity contribution in [2.75, 3.05) is 0 Å². The molecule has 76 valence electrons. The van der Waals surface area contributed by atoms with Crippen LogP contribution in [0.2, 0.25) is 0 Å². The predicted molar refractivity (Wildman–Crippen MR) is 53.7 cm³/mol. The molecule has 0 radical (unpaired) electrons. The van der Waals surface area contributed by atoms with Gasteiger partial charge in [-0.2, -0.15) is 5.11 Å². The number of azo groups is 1. The molecule has 0 bridgehead atoms. The Morgan fingerprint density at radius 3 is 2.47 bits per heavy atom. The van der Waals surface area contributed by atoms with Crippen LogP contribution in [0, 0.1) is 0 Å². The fourth-order valence-corrected chi connectivity index (χ4v) is 1.00. The van der Waals surface area contributed by atoms with Crippen molar-refractivity contribution in [3.63, 3.8) is 0 Å².